The maximum atomic E-state index is 13.9. The maximum absolute atomic E-state index is 13.9. The molecule has 0 aliphatic heterocycles. The maximum Gasteiger partial charge on any atom is 0.404 e. The molecule has 0 fully saturated rings. The Bertz CT molecular complexity index is 1120. The lowest BCUT2D eigenvalue weighted by molar-refractivity contribution is -0.106. The van der Waals surface area contributed by atoms with E-state index in [0.29, 0.717) is 9.87 Å². The Labute approximate surface area is 176 Å². The van der Waals surface area contributed by atoms with Crippen molar-refractivity contribution in [3.63, 3.8) is 0 Å². The van der Waals surface area contributed by atoms with Crippen LogP contribution in [-0.4, -0.2) is 30.4 Å². The van der Waals surface area contributed by atoms with Crippen LogP contribution in [0, 0.1) is 5.82 Å². The van der Waals surface area contributed by atoms with Crippen molar-refractivity contribution in [1.82, 2.24) is 4.98 Å². The molecular weight excluding hydrogens is 436 g/mol. The van der Waals surface area contributed by atoms with Gasteiger partial charge in [0.05, 0.1) is 12.2 Å². The van der Waals surface area contributed by atoms with Gasteiger partial charge >= 0.3 is 6.18 Å². The third-order valence-corrected chi connectivity index (χ3v) is 6.13. The van der Waals surface area contributed by atoms with E-state index in [9.17, 15) is 31.1 Å². The van der Waals surface area contributed by atoms with Gasteiger partial charge in [-0.25, -0.2) is 12.8 Å². The first kappa shape index (κ1) is 22.7. The molecule has 0 amide bonds. The first-order valence-electron chi connectivity index (χ1n) is 9.05. The highest BCUT2D eigenvalue weighted by Crippen LogP contribution is 2.29. The molecule has 3 rings (SSSR count). The molecule has 1 aromatic heterocycles. The fraction of sp³-hybridized carbons (Fsp3) is 0.190. The number of alkyl halides is 3. The van der Waals surface area contributed by atoms with Crippen LogP contribution in [0.3, 0.4) is 0 Å². The minimum atomic E-state index is -4.92. The second-order valence-electron chi connectivity index (χ2n) is 6.75. The van der Waals surface area contributed by atoms with Gasteiger partial charge in [0, 0.05) is 18.0 Å². The molecule has 0 aliphatic rings. The molecule has 3 aromatic rings. The fourth-order valence-electron chi connectivity index (χ4n) is 2.99. The zero-order chi connectivity index (χ0) is 22.6. The molecule has 1 unspecified atom stereocenters. The average molecular weight is 454 g/mol. The SMILES string of the molecule is O=S(=O)(CC(F)(F)F)N(Cc1cccnc1)c1ccc(C(O)c2ccccc2F)cc1. The van der Waals surface area contributed by atoms with Crippen LogP contribution in [0.15, 0.2) is 73.1 Å². The molecule has 1 atom stereocenters. The molecular formula is C21H18F4N2O3S. The normalized spacial score (nSPS) is 13.1. The van der Waals surface area contributed by atoms with E-state index in [1.54, 1.807) is 12.1 Å². The predicted molar refractivity (Wildman–Crippen MR) is 107 cm³/mol. The molecule has 0 bridgehead atoms. The number of rotatable bonds is 7. The molecule has 0 saturated heterocycles. The summed E-state index contributed by atoms with van der Waals surface area (Å²) >= 11 is 0. The highest BCUT2D eigenvalue weighted by Gasteiger charge is 2.38. The molecule has 0 aliphatic carbocycles. The van der Waals surface area contributed by atoms with Crippen LogP contribution >= 0.6 is 0 Å². The molecule has 10 heteroatoms. The van der Waals surface area contributed by atoms with Gasteiger partial charge in [-0.15, -0.1) is 0 Å². The number of pyridine rings is 1. The first-order valence-corrected chi connectivity index (χ1v) is 10.7. The second kappa shape index (κ2) is 9.03. The number of halogens is 4. The molecule has 1 heterocycles. The van der Waals surface area contributed by atoms with E-state index in [4.69, 9.17) is 0 Å². The summed E-state index contributed by atoms with van der Waals surface area (Å²) < 4.78 is 78.2. The Morgan fingerprint density at radius 2 is 1.68 bits per heavy atom. The van der Waals surface area contributed by atoms with E-state index in [-0.39, 0.29) is 23.4 Å². The summed E-state index contributed by atoms with van der Waals surface area (Å²) in [4.78, 5) is 3.85. The summed E-state index contributed by atoms with van der Waals surface area (Å²) in [5, 5.41) is 10.4. The number of nitrogens with zero attached hydrogens (tertiary/aromatic N) is 2. The summed E-state index contributed by atoms with van der Waals surface area (Å²) in [6, 6.07) is 13.9. The van der Waals surface area contributed by atoms with Crippen LogP contribution in [0.25, 0.3) is 0 Å². The van der Waals surface area contributed by atoms with Gasteiger partial charge in [0.1, 0.15) is 11.9 Å². The molecule has 2 aromatic carbocycles. The van der Waals surface area contributed by atoms with Crippen molar-refractivity contribution in [3.8, 4) is 0 Å². The van der Waals surface area contributed by atoms with Crippen LogP contribution in [-0.2, 0) is 16.6 Å². The van der Waals surface area contributed by atoms with Gasteiger partial charge in [0.15, 0.2) is 5.75 Å². The number of benzene rings is 2. The van der Waals surface area contributed by atoms with Gasteiger partial charge < -0.3 is 5.11 Å². The van der Waals surface area contributed by atoms with Crippen LogP contribution < -0.4 is 4.31 Å². The van der Waals surface area contributed by atoms with Gasteiger partial charge in [-0.05, 0) is 35.4 Å². The minimum Gasteiger partial charge on any atom is -0.384 e. The van der Waals surface area contributed by atoms with Crippen LogP contribution in [0.5, 0.6) is 0 Å². The number of aliphatic hydroxyl groups is 1. The van der Waals surface area contributed by atoms with Gasteiger partial charge in [-0.2, -0.15) is 13.2 Å². The van der Waals surface area contributed by atoms with Gasteiger partial charge in [-0.1, -0.05) is 36.4 Å². The molecule has 1 N–H and O–H groups in total. The van der Waals surface area contributed by atoms with Crippen molar-refractivity contribution >= 4 is 15.7 Å². The van der Waals surface area contributed by atoms with Crippen molar-refractivity contribution in [2.75, 3.05) is 10.1 Å². The zero-order valence-corrected chi connectivity index (χ0v) is 16.8. The van der Waals surface area contributed by atoms with E-state index in [2.05, 4.69) is 4.98 Å². The Balaban J connectivity index is 1.94. The monoisotopic (exact) mass is 454 g/mol. The van der Waals surface area contributed by atoms with Crippen molar-refractivity contribution in [2.45, 2.75) is 18.8 Å². The molecule has 5 nitrogen and oxygen atoms in total. The lowest BCUT2D eigenvalue weighted by Crippen LogP contribution is -2.37. The van der Waals surface area contributed by atoms with Crippen molar-refractivity contribution in [3.05, 3.63) is 95.6 Å². The first-order chi connectivity index (χ1) is 14.6. The highest BCUT2D eigenvalue weighted by atomic mass is 32.2. The number of hydrogen-bond acceptors (Lipinski definition) is 4. The topological polar surface area (TPSA) is 70.5 Å². The van der Waals surface area contributed by atoms with E-state index in [0.717, 1.165) is 0 Å². The van der Waals surface area contributed by atoms with Crippen LogP contribution in [0.2, 0.25) is 0 Å². The summed E-state index contributed by atoms with van der Waals surface area (Å²) in [5.74, 6) is -2.65. The Morgan fingerprint density at radius 3 is 2.26 bits per heavy atom. The van der Waals surface area contributed by atoms with Crippen LogP contribution in [0.1, 0.15) is 22.8 Å². The Morgan fingerprint density at radius 1 is 1.00 bits per heavy atom. The van der Waals surface area contributed by atoms with Crippen molar-refractivity contribution in [1.29, 1.82) is 0 Å². The second-order valence-corrected chi connectivity index (χ2v) is 8.65. The van der Waals surface area contributed by atoms with Gasteiger partial charge in [0.2, 0.25) is 10.0 Å². The Hall–Kier alpha value is -2.98. The molecule has 0 saturated carbocycles. The smallest absolute Gasteiger partial charge is 0.384 e. The summed E-state index contributed by atoms with van der Waals surface area (Å²) in [6.07, 6.45) is -3.44. The number of aliphatic hydroxyl groups excluding tert-OH is 1. The quantitative estimate of drug-likeness (QED) is 0.544. The van der Waals surface area contributed by atoms with Gasteiger partial charge in [0.25, 0.3) is 0 Å². The molecule has 31 heavy (non-hydrogen) atoms. The number of anilines is 1. The van der Waals surface area contributed by atoms with Crippen molar-refractivity contribution in [2.24, 2.45) is 0 Å². The fourth-order valence-corrected chi connectivity index (χ4v) is 4.35. The average Bonchev–Trinajstić information content (AvgIpc) is 2.71. The number of hydrogen-bond donors (Lipinski definition) is 1. The molecule has 164 valence electrons. The Kier molecular flexibility index (Phi) is 6.61. The van der Waals surface area contributed by atoms with E-state index in [1.165, 1.54) is 60.9 Å². The predicted octanol–water partition coefficient (Wildman–Crippen LogP) is 4.20. The molecule has 0 spiro atoms. The minimum absolute atomic E-state index is 0.0205. The highest BCUT2D eigenvalue weighted by molar-refractivity contribution is 7.92. The summed E-state index contributed by atoms with van der Waals surface area (Å²) in [5.41, 5.74) is 0.636. The number of aromatic nitrogens is 1. The lowest BCUT2D eigenvalue weighted by atomic mass is 10.0. The third kappa shape index (κ3) is 5.80. The third-order valence-electron chi connectivity index (χ3n) is 4.43. The zero-order valence-electron chi connectivity index (χ0n) is 16.0. The van der Waals surface area contributed by atoms with Crippen molar-refractivity contribution < 1.29 is 31.1 Å². The number of sulfonamides is 1. The van der Waals surface area contributed by atoms with Gasteiger partial charge in [-0.3, -0.25) is 9.29 Å². The molecule has 0 radical (unpaired) electrons. The van der Waals surface area contributed by atoms with E-state index in [1.807, 2.05) is 0 Å². The largest absolute Gasteiger partial charge is 0.404 e. The van der Waals surface area contributed by atoms with Crippen LogP contribution in [0.4, 0.5) is 23.2 Å². The van der Waals surface area contributed by atoms with E-state index >= 15 is 0 Å². The lowest BCUT2D eigenvalue weighted by Gasteiger charge is -2.25. The standard InChI is InChI=1S/C21H18F4N2O3S/c22-19-6-2-1-5-18(19)20(28)16-7-9-17(10-8-16)27(13-15-4-3-11-26-12-15)31(29,30)14-21(23,24)25/h1-12,20,28H,13-14H2. The van der Waals surface area contributed by atoms with E-state index < -0.39 is 33.9 Å². The summed E-state index contributed by atoms with van der Waals surface area (Å²) in [7, 11) is -4.77. The summed E-state index contributed by atoms with van der Waals surface area (Å²) in [6.45, 7) is -0.360.